The fourth-order valence-electron chi connectivity index (χ4n) is 3.22. The van der Waals surface area contributed by atoms with Crippen molar-refractivity contribution in [2.24, 2.45) is 11.8 Å². The zero-order chi connectivity index (χ0) is 20.0. The van der Waals surface area contributed by atoms with Crippen LogP contribution in [-0.4, -0.2) is 36.2 Å². The maximum atomic E-state index is 12.6. The van der Waals surface area contributed by atoms with E-state index in [9.17, 15) is 27.9 Å². The molecule has 3 atom stereocenters. The fourth-order valence-corrected chi connectivity index (χ4v) is 3.22. The summed E-state index contributed by atoms with van der Waals surface area (Å²) in [6.07, 6.45) is -2.31. The number of nitrogens with one attached hydrogen (secondary N) is 1. The van der Waals surface area contributed by atoms with Crippen LogP contribution in [-0.2, 0) is 26.9 Å². The first-order valence-electron chi connectivity index (χ1n) is 8.99. The van der Waals surface area contributed by atoms with Crippen molar-refractivity contribution in [3.63, 3.8) is 0 Å². The summed E-state index contributed by atoms with van der Waals surface area (Å²) in [4.78, 5) is 24.1. The molecule has 1 saturated heterocycles. The molecule has 0 spiro atoms. The molecule has 8 heteroatoms. The molecule has 5 nitrogen and oxygen atoms in total. The van der Waals surface area contributed by atoms with Gasteiger partial charge in [-0.3, -0.25) is 4.79 Å². The summed E-state index contributed by atoms with van der Waals surface area (Å²) in [5.41, 5.74) is -0.148. The third kappa shape index (κ3) is 5.95. The van der Waals surface area contributed by atoms with E-state index in [1.54, 1.807) is 6.92 Å². The molecule has 27 heavy (non-hydrogen) atoms. The number of carbonyl (C=O) groups excluding carboxylic acids is 1. The summed E-state index contributed by atoms with van der Waals surface area (Å²) in [6.45, 7) is 2.66. The second-order valence-corrected chi connectivity index (χ2v) is 6.81. The normalized spacial score (nSPS) is 19.9. The predicted molar refractivity (Wildman–Crippen MR) is 92.0 cm³/mol. The van der Waals surface area contributed by atoms with Crippen LogP contribution in [0.4, 0.5) is 13.2 Å². The molecule has 1 aliphatic rings. The van der Waals surface area contributed by atoms with Crippen LogP contribution in [0, 0.1) is 11.8 Å². The third-order valence-corrected chi connectivity index (χ3v) is 4.86. The maximum absolute atomic E-state index is 12.6. The standard InChI is InChI=1S/C19H24F3NO4/c1-2-13(10-12-5-7-15(8-6-12)19(20,21)22)17(24)23-16(18(25)26)14-4-3-9-27-11-14/h5-8,13-14,16H,2-4,9-11H2,1H3,(H,23,24)(H,25,26). The molecular weight excluding hydrogens is 363 g/mol. The van der Waals surface area contributed by atoms with Gasteiger partial charge in [0.25, 0.3) is 0 Å². The Kier molecular flexibility index (Phi) is 7.24. The monoisotopic (exact) mass is 387 g/mol. The van der Waals surface area contributed by atoms with Gasteiger partial charge in [-0.2, -0.15) is 13.2 Å². The number of hydrogen-bond donors (Lipinski definition) is 2. The van der Waals surface area contributed by atoms with Gasteiger partial charge in [0.1, 0.15) is 6.04 Å². The lowest BCUT2D eigenvalue weighted by Crippen LogP contribution is -2.50. The van der Waals surface area contributed by atoms with E-state index in [4.69, 9.17) is 4.74 Å². The molecule has 150 valence electrons. The van der Waals surface area contributed by atoms with E-state index in [0.29, 0.717) is 25.0 Å². The van der Waals surface area contributed by atoms with Gasteiger partial charge < -0.3 is 15.2 Å². The summed E-state index contributed by atoms with van der Waals surface area (Å²) in [5, 5.41) is 12.0. The number of ether oxygens (including phenoxy) is 1. The minimum absolute atomic E-state index is 0.244. The Morgan fingerprint density at radius 2 is 1.96 bits per heavy atom. The smallest absolute Gasteiger partial charge is 0.416 e. The van der Waals surface area contributed by atoms with Crippen molar-refractivity contribution in [1.29, 1.82) is 0 Å². The quantitative estimate of drug-likeness (QED) is 0.753. The average molecular weight is 387 g/mol. The summed E-state index contributed by atoms with van der Waals surface area (Å²) in [6, 6.07) is 3.64. The molecule has 3 unspecified atom stereocenters. The Morgan fingerprint density at radius 1 is 1.30 bits per heavy atom. The van der Waals surface area contributed by atoms with Gasteiger partial charge in [-0.25, -0.2) is 4.79 Å². The lowest BCUT2D eigenvalue weighted by molar-refractivity contribution is -0.145. The molecule has 0 aromatic heterocycles. The van der Waals surface area contributed by atoms with Crippen LogP contribution in [0.2, 0.25) is 0 Å². The molecule has 2 rings (SSSR count). The maximum Gasteiger partial charge on any atom is 0.416 e. The van der Waals surface area contributed by atoms with Crippen LogP contribution in [0.1, 0.15) is 37.3 Å². The number of carboxylic acids is 1. The van der Waals surface area contributed by atoms with E-state index >= 15 is 0 Å². The zero-order valence-electron chi connectivity index (χ0n) is 15.1. The molecular formula is C19H24F3NO4. The van der Waals surface area contributed by atoms with Crippen LogP contribution in [0.5, 0.6) is 0 Å². The lowest BCUT2D eigenvalue weighted by atomic mass is 9.91. The Hall–Kier alpha value is -2.09. The average Bonchev–Trinajstić information content (AvgIpc) is 2.64. The Labute approximate surface area is 155 Å². The molecule has 0 aliphatic carbocycles. The van der Waals surface area contributed by atoms with Crippen LogP contribution >= 0.6 is 0 Å². The number of aliphatic carboxylic acids is 1. The van der Waals surface area contributed by atoms with E-state index in [0.717, 1.165) is 18.6 Å². The molecule has 0 saturated carbocycles. The molecule has 1 amide bonds. The van der Waals surface area contributed by atoms with E-state index < -0.39 is 35.6 Å². The largest absolute Gasteiger partial charge is 0.480 e. The number of carboxylic acid groups (broad SMARTS) is 1. The minimum atomic E-state index is -4.41. The van der Waals surface area contributed by atoms with Gasteiger partial charge in [-0.15, -0.1) is 0 Å². The van der Waals surface area contributed by atoms with Crippen molar-refractivity contribution in [2.75, 3.05) is 13.2 Å². The number of carbonyl (C=O) groups is 2. The molecule has 1 heterocycles. The minimum Gasteiger partial charge on any atom is -0.480 e. The van der Waals surface area contributed by atoms with Crippen LogP contribution in [0.3, 0.4) is 0 Å². The summed E-state index contributed by atoms with van der Waals surface area (Å²) >= 11 is 0. The van der Waals surface area contributed by atoms with Crippen molar-refractivity contribution >= 4 is 11.9 Å². The highest BCUT2D eigenvalue weighted by atomic mass is 19.4. The van der Waals surface area contributed by atoms with Crippen LogP contribution in [0.25, 0.3) is 0 Å². The van der Waals surface area contributed by atoms with Crippen molar-refractivity contribution in [3.8, 4) is 0 Å². The van der Waals surface area contributed by atoms with Gasteiger partial charge >= 0.3 is 12.1 Å². The highest BCUT2D eigenvalue weighted by Crippen LogP contribution is 2.29. The lowest BCUT2D eigenvalue weighted by Gasteiger charge is -2.29. The number of amides is 1. The molecule has 0 radical (unpaired) electrons. The van der Waals surface area contributed by atoms with Crippen molar-refractivity contribution in [3.05, 3.63) is 35.4 Å². The molecule has 0 bridgehead atoms. The van der Waals surface area contributed by atoms with Gasteiger partial charge in [-0.05, 0) is 43.4 Å². The molecule has 1 aromatic carbocycles. The predicted octanol–water partition coefficient (Wildman–Crippen LogP) is 3.27. The second-order valence-electron chi connectivity index (χ2n) is 6.81. The Balaban J connectivity index is 2.02. The summed E-state index contributed by atoms with van der Waals surface area (Å²) in [5.74, 6) is -2.32. The Morgan fingerprint density at radius 3 is 2.44 bits per heavy atom. The number of hydrogen-bond acceptors (Lipinski definition) is 3. The number of benzene rings is 1. The van der Waals surface area contributed by atoms with E-state index in [1.165, 1.54) is 12.1 Å². The Bertz CT molecular complexity index is 639. The number of halogens is 3. The third-order valence-electron chi connectivity index (χ3n) is 4.86. The number of rotatable bonds is 7. The summed E-state index contributed by atoms with van der Waals surface area (Å²) < 4.78 is 43.2. The van der Waals surface area contributed by atoms with Gasteiger partial charge in [-0.1, -0.05) is 19.1 Å². The SMILES string of the molecule is CCC(Cc1ccc(C(F)(F)F)cc1)C(=O)NC(C(=O)O)C1CCCOC1. The highest BCUT2D eigenvalue weighted by Gasteiger charge is 2.33. The molecule has 2 N–H and O–H groups in total. The molecule has 1 aromatic rings. The van der Waals surface area contributed by atoms with Crippen LogP contribution < -0.4 is 5.32 Å². The van der Waals surface area contributed by atoms with Gasteiger partial charge in [0, 0.05) is 18.4 Å². The first-order chi connectivity index (χ1) is 12.7. The van der Waals surface area contributed by atoms with Crippen molar-refractivity contribution in [2.45, 2.75) is 44.8 Å². The number of alkyl halides is 3. The van der Waals surface area contributed by atoms with Crippen molar-refractivity contribution < 1.29 is 32.6 Å². The summed E-state index contributed by atoms with van der Waals surface area (Å²) in [7, 11) is 0. The van der Waals surface area contributed by atoms with Crippen molar-refractivity contribution in [1.82, 2.24) is 5.32 Å². The first kappa shape index (κ1) is 21.2. The van der Waals surface area contributed by atoms with E-state index in [2.05, 4.69) is 5.32 Å². The van der Waals surface area contributed by atoms with E-state index in [-0.39, 0.29) is 18.9 Å². The zero-order valence-corrected chi connectivity index (χ0v) is 15.1. The van der Waals surface area contributed by atoms with Crippen LogP contribution in [0.15, 0.2) is 24.3 Å². The fraction of sp³-hybridized carbons (Fsp3) is 0.579. The topological polar surface area (TPSA) is 75.6 Å². The molecule has 1 aliphatic heterocycles. The second kappa shape index (κ2) is 9.21. The van der Waals surface area contributed by atoms with Gasteiger partial charge in [0.05, 0.1) is 12.2 Å². The van der Waals surface area contributed by atoms with Gasteiger partial charge in [0.2, 0.25) is 5.91 Å². The van der Waals surface area contributed by atoms with Gasteiger partial charge in [0.15, 0.2) is 0 Å². The molecule has 1 fully saturated rings. The highest BCUT2D eigenvalue weighted by molar-refractivity contribution is 5.85. The van der Waals surface area contributed by atoms with E-state index in [1.807, 2.05) is 0 Å². The first-order valence-corrected chi connectivity index (χ1v) is 8.99.